The quantitative estimate of drug-likeness (QED) is 0.733. The first-order valence-electron chi connectivity index (χ1n) is 9.83. The van der Waals surface area contributed by atoms with Crippen molar-refractivity contribution in [2.75, 3.05) is 26.3 Å². The van der Waals surface area contributed by atoms with Crippen LogP contribution in [0.1, 0.15) is 32.8 Å². The Morgan fingerprint density at radius 3 is 2.41 bits per heavy atom. The predicted molar refractivity (Wildman–Crippen MR) is 110 cm³/mol. The minimum absolute atomic E-state index is 0.0797. The van der Waals surface area contributed by atoms with E-state index in [9.17, 15) is 9.90 Å². The van der Waals surface area contributed by atoms with Crippen LogP contribution < -0.4 is 0 Å². The molecular formula is C21H35NO4Si. The molecule has 2 unspecified atom stereocenters. The van der Waals surface area contributed by atoms with E-state index in [-0.39, 0.29) is 36.2 Å². The standard InChI is InChI=1S/C21H35NO4Si/c1-21(2,3)27(4,5)26-16-19-11-18(14-23)12-22(13-19)20(24)25-15-17-9-7-6-8-10-17/h6-10,18-19,23H,11-16H2,1-5H3. The molecule has 0 bridgehead atoms. The van der Waals surface area contributed by atoms with Crippen molar-refractivity contribution >= 4 is 14.4 Å². The van der Waals surface area contributed by atoms with Crippen molar-refractivity contribution in [3.63, 3.8) is 0 Å². The van der Waals surface area contributed by atoms with Crippen LogP contribution in [0, 0.1) is 11.8 Å². The summed E-state index contributed by atoms with van der Waals surface area (Å²) in [6.07, 6.45) is 0.572. The maximum atomic E-state index is 12.5. The average molecular weight is 394 g/mol. The minimum Gasteiger partial charge on any atom is -0.445 e. The lowest BCUT2D eigenvalue weighted by atomic mass is 9.90. The number of likely N-dealkylation sites (tertiary alicyclic amines) is 1. The number of benzene rings is 1. The third-order valence-electron chi connectivity index (χ3n) is 5.83. The smallest absolute Gasteiger partial charge is 0.410 e. The van der Waals surface area contributed by atoms with Crippen molar-refractivity contribution in [1.82, 2.24) is 4.90 Å². The number of hydrogen-bond donors (Lipinski definition) is 1. The van der Waals surface area contributed by atoms with Gasteiger partial charge in [-0.15, -0.1) is 0 Å². The predicted octanol–water partition coefficient (Wildman–Crippen LogP) is 4.28. The first-order valence-corrected chi connectivity index (χ1v) is 12.7. The molecule has 0 radical (unpaired) electrons. The van der Waals surface area contributed by atoms with Gasteiger partial charge in [0, 0.05) is 32.2 Å². The summed E-state index contributed by atoms with van der Waals surface area (Å²) in [6.45, 7) is 13.3. The second-order valence-electron chi connectivity index (χ2n) is 9.17. The van der Waals surface area contributed by atoms with Gasteiger partial charge in [0.25, 0.3) is 0 Å². The maximum absolute atomic E-state index is 12.5. The Morgan fingerprint density at radius 1 is 1.19 bits per heavy atom. The van der Waals surface area contributed by atoms with Gasteiger partial charge in [0.1, 0.15) is 6.61 Å². The molecule has 1 aromatic carbocycles. The number of hydrogen-bond acceptors (Lipinski definition) is 4. The van der Waals surface area contributed by atoms with Crippen molar-refractivity contribution < 1.29 is 19.1 Å². The van der Waals surface area contributed by atoms with Gasteiger partial charge in [0.05, 0.1) is 0 Å². The molecule has 1 heterocycles. The first-order chi connectivity index (χ1) is 12.6. The second kappa shape index (κ2) is 9.21. The van der Waals surface area contributed by atoms with Crippen molar-refractivity contribution in [2.45, 2.75) is 51.9 Å². The summed E-state index contributed by atoms with van der Waals surface area (Å²) in [5.41, 5.74) is 0.972. The molecule has 27 heavy (non-hydrogen) atoms. The van der Waals surface area contributed by atoms with Crippen LogP contribution in [0.25, 0.3) is 0 Å². The number of carbonyl (C=O) groups is 1. The highest BCUT2D eigenvalue weighted by molar-refractivity contribution is 6.74. The summed E-state index contributed by atoms with van der Waals surface area (Å²) in [5, 5.41) is 9.82. The van der Waals surface area contributed by atoms with Crippen molar-refractivity contribution in [2.24, 2.45) is 11.8 Å². The normalized spacial score (nSPS) is 21.2. The number of nitrogens with zero attached hydrogens (tertiary/aromatic N) is 1. The fourth-order valence-corrected chi connectivity index (χ4v) is 4.16. The lowest BCUT2D eigenvalue weighted by molar-refractivity contribution is 0.0395. The summed E-state index contributed by atoms with van der Waals surface area (Å²) < 4.78 is 11.8. The molecule has 1 fully saturated rings. The van der Waals surface area contributed by atoms with Gasteiger partial charge in [-0.1, -0.05) is 51.1 Å². The molecule has 1 amide bonds. The molecule has 1 aliphatic heterocycles. The van der Waals surface area contributed by atoms with Gasteiger partial charge >= 0.3 is 6.09 Å². The lowest BCUT2D eigenvalue weighted by Gasteiger charge is -2.40. The van der Waals surface area contributed by atoms with Crippen LogP contribution in [0.2, 0.25) is 18.1 Å². The Labute approximate surface area is 164 Å². The molecule has 0 spiro atoms. The Bertz CT molecular complexity index is 600. The molecular weight excluding hydrogens is 358 g/mol. The van der Waals surface area contributed by atoms with Crippen molar-refractivity contribution in [3.8, 4) is 0 Å². The molecule has 2 atom stereocenters. The number of amides is 1. The van der Waals surface area contributed by atoms with E-state index in [0.29, 0.717) is 19.7 Å². The van der Waals surface area contributed by atoms with Crippen LogP contribution in [0.3, 0.4) is 0 Å². The van der Waals surface area contributed by atoms with Crippen LogP contribution >= 0.6 is 0 Å². The Morgan fingerprint density at radius 2 is 1.81 bits per heavy atom. The SMILES string of the molecule is CC(C)(C)[Si](C)(C)OCC1CC(CO)CN(C(=O)OCc2ccccc2)C1. The highest BCUT2D eigenvalue weighted by Crippen LogP contribution is 2.37. The number of piperidine rings is 1. The van der Waals surface area contributed by atoms with Gasteiger partial charge in [-0.3, -0.25) is 0 Å². The van der Waals surface area contributed by atoms with E-state index in [1.807, 2.05) is 30.3 Å². The van der Waals surface area contributed by atoms with Crippen molar-refractivity contribution in [3.05, 3.63) is 35.9 Å². The van der Waals surface area contributed by atoms with Crippen LogP contribution in [-0.2, 0) is 15.8 Å². The highest BCUT2D eigenvalue weighted by Gasteiger charge is 2.39. The number of rotatable bonds is 6. The third kappa shape index (κ3) is 6.33. The van der Waals surface area contributed by atoms with Crippen molar-refractivity contribution in [1.29, 1.82) is 0 Å². The second-order valence-corrected chi connectivity index (χ2v) is 14.0. The maximum Gasteiger partial charge on any atom is 0.410 e. The minimum atomic E-state index is -1.83. The van der Waals surface area contributed by atoms with Gasteiger partial charge in [-0.05, 0) is 36.0 Å². The lowest BCUT2D eigenvalue weighted by Crippen LogP contribution is -2.48. The third-order valence-corrected chi connectivity index (χ3v) is 10.3. The largest absolute Gasteiger partial charge is 0.445 e. The van der Waals surface area contributed by atoms with Gasteiger partial charge in [-0.2, -0.15) is 0 Å². The Hall–Kier alpha value is -1.37. The fraction of sp³-hybridized carbons (Fsp3) is 0.667. The van der Waals surface area contributed by atoms with Crippen LogP contribution in [-0.4, -0.2) is 50.7 Å². The van der Waals surface area contributed by atoms with Crippen LogP contribution in [0.15, 0.2) is 30.3 Å². The van der Waals surface area contributed by atoms with E-state index in [2.05, 4.69) is 33.9 Å². The summed E-state index contributed by atoms with van der Waals surface area (Å²) in [5.74, 6) is 0.311. The number of aliphatic hydroxyl groups excluding tert-OH is 1. The van der Waals surface area contributed by atoms with E-state index in [1.54, 1.807) is 4.90 Å². The van der Waals surface area contributed by atoms with Crippen LogP contribution in [0.5, 0.6) is 0 Å². The Balaban J connectivity index is 1.92. The van der Waals surface area contributed by atoms with E-state index in [0.717, 1.165) is 12.0 Å². The first kappa shape index (κ1) is 21.9. The molecule has 6 heteroatoms. The van der Waals surface area contributed by atoms with Gasteiger partial charge in [0.2, 0.25) is 0 Å². The molecule has 1 saturated heterocycles. The summed E-state index contributed by atoms with van der Waals surface area (Å²) in [7, 11) is -1.83. The highest BCUT2D eigenvalue weighted by atomic mass is 28.4. The zero-order valence-corrected chi connectivity index (χ0v) is 18.4. The molecule has 5 nitrogen and oxygen atoms in total. The number of ether oxygens (including phenoxy) is 1. The fourth-order valence-electron chi connectivity index (χ4n) is 3.07. The zero-order chi connectivity index (χ0) is 20.1. The van der Waals surface area contributed by atoms with Gasteiger partial charge in [0.15, 0.2) is 8.32 Å². The molecule has 2 rings (SSSR count). The molecule has 1 N–H and O–H groups in total. The molecule has 0 aromatic heterocycles. The van der Waals surface area contributed by atoms with Crippen LogP contribution in [0.4, 0.5) is 4.79 Å². The number of aliphatic hydroxyl groups is 1. The summed E-state index contributed by atoms with van der Waals surface area (Å²) in [4.78, 5) is 14.3. The topological polar surface area (TPSA) is 59.0 Å². The summed E-state index contributed by atoms with van der Waals surface area (Å²) in [6, 6.07) is 9.68. The zero-order valence-electron chi connectivity index (χ0n) is 17.4. The molecule has 1 aliphatic rings. The van der Waals surface area contributed by atoms with E-state index >= 15 is 0 Å². The average Bonchev–Trinajstić information content (AvgIpc) is 2.64. The molecule has 1 aromatic rings. The van der Waals surface area contributed by atoms with E-state index < -0.39 is 8.32 Å². The van der Waals surface area contributed by atoms with Gasteiger partial charge in [-0.25, -0.2) is 4.79 Å². The number of carbonyl (C=O) groups excluding carboxylic acids is 1. The van der Waals surface area contributed by atoms with E-state index in [1.165, 1.54) is 0 Å². The molecule has 0 saturated carbocycles. The molecule has 0 aliphatic carbocycles. The van der Waals surface area contributed by atoms with E-state index in [4.69, 9.17) is 9.16 Å². The van der Waals surface area contributed by atoms with Gasteiger partial charge < -0.3 is 19.2 Å². The monoisotopic (exact) mass is 393 g/mol. The molecule has 152 valence electrons. The Kier molecular flexibility index (Phi) is 7.48. The summed E-state index contributed by atoms with van der Waals surface area (Å²) >= 11 is 0.